The third kappa shape index (κ3) is 2.77. The van der Waals surface area contributed by atoms with Crippen molar-refractivity contribution in [3.05, 3.63) is 76.7 Å². The van der Waals surface area contributed by atoms with E-state index in [1.807, 2.05) is 62.4 Å². The SMILES string of the molecule is Cc1oc(C(N)=O)c(C)c1C1=Nc2cc(Oc3ccccc3)ccc2C1. The van der Waals surface area contributed by atoms with Crippen molar-refractivity contribution in [1.82, 2.24) is 0 Å². The number of carbonyl (C=O) groups is 1. The van der Waals surface area contributed by atoms with Gasteiger partial charge in [-0.1, -0.05) is 24.3 Å². The summed E-state index contributed by atoms with van der Waals surface area (Å²) in [7, 11) is 0. The van der Waals surface area contributed by atoms with Crippen molar-refractivity contribution >= 4 is 17.3 Å². The lowest BCUT2D eigenvalue weighted by atomic mass is 10.0. The lowest BCUT2D eigenvalue weighted by Gasteiger charge is -2.06. The molecular formula is C21H18N2O3. The Morgan fingerprint density at radius 2 is 1.88 bits per heavy atom. The number of hydrogen-bond donors (Lipinski definition) is 1. The fourth-order valence-electron chi connectivity index (χ4n) is 3.31. The number of hydrogen-bond acceptors (Lipinski definition) is 4. The molecule has 0 fully saturated rings. The topological polar surface area (TPSA) is 77.8 Å². The molecule has 1 aliphatic heterocycles. The summed E-state index contributed by atoms with van der Waals surface area (Å²) in [5.74, 6) is 1.81. The number of benzene rings is 2. The van der Waals surface area contributed by atoms with Crippen molar-refractivity contribution < 1.29 is 13.9 Å². The summed E-state index contributed by atoms with van der Waals surface area (Å²) < 4.78 is 11.4. The Morgan fingerprint density at radius 3 is 2.58 bits per heavy atom. The molecule has 26 heavy (non-hydrogen) atoms. The zero-order valence-corrected chi connectivity index (χ0v) is 14.6. The van der Waals surface area contributed by atoms with Crippen LogP contribution in [0.1, 0.15) is 33.0 Å². The molecule has 1 aromatic heterocycles. The number of carbonyl (C=O) groups excluding carboxylic acids is 1. The summed E-state index contributed by atoms with van der Waals surface area (Å²) in [5, 5.41) is 0. The Balaban J connectivity index is 1.66. The molecule has 5 nitrogen and oxygen atoms in total. The Bertz CT molecular complexity index is 1030. The molecule has 2 N–H and O–H groups in total. The third-order valence-electron chi connectivity index (χ3n) is 4.48. The van der Waals surface area contributed by atoms with Crippen LogP contribution in [0.4, 0.5) is 5.69 Å². The number of rotatable bonds is 4. The fraction of sp³-hybridized carbons (Fsp3) is 0.143. The lowest BCUT2D eigenvalue weighted by Crippen LogP contribution is -2.12. The fourth-order valence-corrected chi connectivity index (χ4v) is 3.31. The van der Waals surface area contributed by atoms with Gasteiger partial charge in [-0.2, -0.15) is 0 Å². The van der Waals surface area contributed by atoms with Crippen LogP contribution in [0.25, 0.3) is 0 Å². The van der Waals surface area contributed by atoms with Crippen molar-refractivity contribution in [3.63, 3.8) is 0 Å². The van der Waals surface area contributed by atoms with E-state index in [1.165, 1.54) is 0 Å². The predicted octanol–water partition coefficient (Wildman–Crippen LogP) is 4.46. The van der Waals surface area contributed by atoms with Crippen molar-refractivity contribution in [3.8, 4) is 11.5 Å². The summed E-state index contributed by atoms with van der Waals surface area (Å²) in [6.07, 6.45) is 0.681. The second-order valence-electron chi connectivity index (χ2n) is 6.29. The van der Waals surface area contributed by atoms with E-state index in [2.05, 4.69) is 0 Å². The lowest BCUT2D eigenvalue weighted by molar-refractivity contribution is 0.0972. The number of nitrogens with two attached hydrogens (primary N) is 1. The van der Waals surface area contributed by atoms with Crippen LogP contribution in [0.3, 0.4) is 0 Å². The normalized spacial score (nSPS) is 12.6. The quantitative estimate of drug-likeness (QED) is 0.757. The molecule has 0 saturated heterocycles. The highest BCUT2D eigenvalue weighted by Gasteiger charge is 2.25. The van der Waals surface area contributed by atoms with Crippen molar-refractivity contribution in [1.29, 1.82) is 0 Å². The molecule has 0 aliphatic carbocycles. The molecule has 0 saturated carbocycles. The number of nitrogens with zero attached hydrogens (tertiary/aromatic N) is 1. The van der Waals surface area contributed by atoms with Gasteiger partial charge >= 0.3 is 0 Å². The van der Waals surface area contributed by atoms with Gasteiger partial charge in [-0.05, 0) is 37.6 Å². The van der Waals surface area contributed by atoms with E-state index in [1.54, 1.807) is 0 Å². The van der Waals surface area contributed by atoms with Crippen LogP contribution in [0.2, 0.25) is 0 Å². The summed E-state index contributed by atoms with van der Waals surface area (Å²) in [4.78, 5) is 16.3. The van der Waals surface area contributed by atoms with Crippen molar-refractivity contribution in [2.75, 3.05) is 0 Å². The largest absolute Gasteiger partial charge is 0.457 e. The maximum Gasteiger partial charge on any atom is 0.284 e. The van der Waals surface area contributed by atoms with E-state index in [4.69, 9.17) is 19.9 Å². The number of fused-ring (bicyclic) bond motifs is 1. The number of aliphatic imine (C=N–C) groups is 1. The van der Waals surface area contributed by atoms with E-state index in [0.29, 0.717) is 12.2 Å². The van der Waals surface area contributed by atoms with Crippen molar-refractivity contribution in [2.24, 2.45) is 10.7 Å². The van der Waals surface area contributed by atoms with E-state index in [-0.39, 0.29) is 5.76 Å². The predicted molar refractivity (Wildman–Crippen MR) is 99.6 cm³/mol. The molecule has 0 unspecified atom stereocenters. The second-order valence-corrected chi connectivity index (χ2v) is 6.29. The van der Waals surface area contributed by atoms with Crippen LogP contribution >= 0.6 is 0 Å². The monoisotopic (exact) mass is 346 g/mol. The van der Waals surface area contributed by atoms with E-state index >= 15 is 0 Å². The van der Waals surface area contributed by atoms with Crippen LogP contribution in [-0.4, -0.2) is 11.6 Å². The number of para-hydroxylation sites is 1. The highest BCUT2D eigenvalue weighted by molar-refractivity contribution is 6.09. The molecule has 4 rings (SSSR count). The average Bonchev–Trinajstić information content (AvgIpc) is 3.15. The summed E-state index contributed by atoms with van der Waals surface area (Å²) >= 11 is 0. The molecule has 5 heteroatoms. The third-order valence-corrected chi connectivity index (χ3v) is 4.48. The standard InChI is InChI=1S/C21H18N2O3/c1-12-19(13(2)25-20(12)21(22)24)18-10-14-8-9-16(11-17(14)23-18)26-15-6-4-3-5-7-15/h3-9,11H,10H2,1-2H3,(H2,22,24). The minimum absolute atomic E-state index is 0.198. The highest BCUT2D eigenvalue weighted by Crippen LogP contribution is 2.36. The first-order valence-corrected chi connectivity index (χ1v) is 8.36. The van der Waals surface area contributed by atoms with Gasteiger partial charge in [-0.15, -0.1) is 0 Å². The van der Waals surface area contributed by atoms with Gasteiger partial charge in [-0.25, -0.2) is 0 Å². The minimum atomic E-state index is -0.563. The molecule has 2 aromatic carbocycles. The van der Waals surface area contributed by atoms with Crippen LogP contribution in [-0.2, 0) is 6.42 Å². The van der Waals surface area contributed by atoms with Gasteiger partial charge in [0.2, 0.25) is 0 Å². The first kappa shape index (κ1) is 16.1. The highest BCUT2D eigenvalue weighted by atomic mass is 16.5. The number of aryl methyl sites for hydroxylation is 1. The first-order chi connectivity index (χ1) is 12.5. The van der Waals surface area contributed by atoms with Gasteiger partial charge in [-0.3, -0.25) is 9.79 Å². The molecule has 1 amide bonds. The van der Waals surface area contributed by atoms with E-state index in [9.17, 15) is 4.79 Å². The van der Waals surface area contributed by atoms with E-state index < -0.39 is 5.91 Å². The number of primary amides is 1. The number of ether oxygens (including phenoxy) is 1. The summed E-state index contributed by atoms with van der Waals surface area (Å²) in [6.45, 7) is 3.66. The van der Waals surface area contributed by atoms with Gasteiger partial charge in [0.1, 0.15) is 17.3 Å². The maximum absolute atomic E-state index is 11.5. The Hall–Kier alpha value is -3.34. The number of amides is 1. The molecule has 1 aliphatic rings. The van der Waals surface area contributed by atoms with Gasteiger partial charge < -0.3 is 14.9 Å². The van der Waals surface area contributed by atoms with Gasteiger partial charge in [0.25, 0.3) is 5.91 Å². The van der Waals surface area contributed by atoms with Crippen LogP contribution in [0.5, 0.6) is 11.5 Å². The van der Waals surface area contributed by atoms with E-state index in [0.717, 1.165) is 39.6 Å². The summed E-state index contributed by atoms with van der Waals surface area (Å²) in [5.41, 5.74) is 9.84. The Kier molecular flexibility index (Phi) is 3.84. The second kappa shape index (κ2) is 6.19. The Morgan fingerprint density at radius 1 is 1.12 bits per heavy atom. The Labute approximate surface area is 151 Å². The minimum Gasteiger partial charge on any atom is -0.457 e. The maximum atomic E-state index is 11.5. The molecule has 0 radical (unpaired) electrons. The molecule has 130 valence electrons. The molecule has 2 heterocycles. The molecule has 0 spiro atoms. The zero-order chi connectivity index (χ0) is 18.3. The average molecular weight is 346 g/mol. The van der Waals surface area contributed by atoms with Crippen molar-refractivity contribution in [2.45, 2.75) is 20.3 Å². The number of furan rings is 1. The summed E-state index contributed by atoms with van der Waals surface area (Å²) in [6, 6.07) is 15.5. The van der Waals surface area contributed by atoms with Gasteiger partial charge in [0.15, 0.2) is 5.76 Å². The van der Waals surface area contributed by atoms with Gasteiger partial charge in [0.05, 0.1) is 11.4 Å². The first-order valence-electron chi connectivity index (χ1n) is 8.36. The molecule has 3 aromatic rings. The molecule has 0 atom stereocenters. The van der Waals surface area contributed by atoms with Crippen LogP contribution in [0.15, 0.2) is 57.9 Å². The van der Waals surface area contributed by atoms with Gasteiger partial charge in [0, 0.05) is 23.6 Å². The van der Waals surface area contributed by atoms with Crippen LogP contribution < -0.4 is 10.5 Å². The van der Waals surface area contributed by atoms with Crippen LogP contribution in [0, 0.1) is 13.8 Å². The molecule has 0 bridgehead atoms. The smallest absolute Gasteiger partial charge is 0.284 e. The molecular weight excluding hydrogens is 328 g/mol. The zero-order valence-electron chi connectivity index (χ0n) is 14.6.